The fourth-order valence-corrected chi connectivity index (χ4v) is 6.60. The van der Waals surface area contributed by atoms with Gasteiger partial charge in [0.25, 0.3) is 11.8 Å². The molecule has 0 fully saturated rings. The minimum Gasteiger partial charge on any atom is -0.508 e. The van der Waals surface area contributed by atoms with E-state index in [0.717, 1.165) is 33.4 Å². The largest absolute Gasteiger partial charge is 0.508 e. The summed E-state index contributed by atoms with van der Waals surface area (Å²) >= 11 is 25.7. The van der Waals surface area contributed by atoms with Crippen LogP contribution in [0.4, 0.5) is 0 Å². The number of likely N-dealkylation sites (N-methyl/N-ethyl adjacent to an activating group) is 1. The molecule has 0 aliphatic rings. The third kappa shape index (κ3) is 14.6. The second kappa shape index (κ2) is 22.9. The number of nitrogens with zero attached hydrogens (tertiary/aromatic N) is 1. The van der Waals surface area contributed by atoms with Gasteiger partial charge in [-0.3, -0.25) is 9.59 Å². The Morgan fingerprint density at radius 2 is 1.11 bits per heavy atom. The number of halogens is 4. The van der Waals surface area contributed by atoms with Crippen LogP contribution in [0, 0.1) is 23.7 Å². The van der Waals surface area contributed by atoms with Crippen LogP contribution in [-0.2, 0) is 22.4 Å². The first-order valence-electron chi connectivity index (χ1n) is 18.2. The molecule has 57 heavy (non-hydrogen) atoms. The van der Waals surface area contributed by atoms with Gasteiger partial charge in [-0.15, -0.1) is 11.8 Å². The number of phenolic OH excluding ortho intramolecular Hbond substituents is 2. The Balaban J connectivity index is 0.000000306. The van der Waals surface area contributed by atoms with Crippen molar-refractivity contribution in [2.75, 3.05) is 33.4 Å². The maximum atomic E-state index is 12.1. The predicted octanol–water partition coefficient (Wildman–Crippen LogP) is 10.2. The molecule has 0 saturated carbocycles. The fourth-order valence-electron chi connectivity index (χ4n) is 5.40. The lowest BCUT2D eigenvalue weighted by Gasteiger charge is -2.16. The molecular formula is C45H48Cl4N2O6. The van der Waals surface area contributed by atoms with E-state index in [-0.39, 0.29) is 54.9 Å². The molecule has 4 aromatic carbocycles. The smallest absolute Gasteiger partial charge is 0.261 e. The van der Waals surface area contributed by atoms with Gasteiger partial charge in [-0.1, -0.05) is 110 Å². The quantitative estimate of drug-likeness (QED) is 0.109. The van der Waals surface area contributed by atoms with Gasteiger partial charge in [-0.2, -0.15) is 0 Å². The number of carbonyl (C=O) groups excluding carboxylic acids is 2. The second-order valence-electron chi connectivity index (χ2n) is 13.6. The van der Waals surface area contributed by atoms with Gasteiger partial charge in [-0.05, 0) is 95.5 Å². The number of benzene rings is 4. The van der Waals surface area contributed by atoms with Crippen LogP contribution in [0.25, 0.3) is 0 Å². The van der Waals surface area contributed by atoms with E-state index in [2.05, 4.69) is 29.0 Å². The number of carbonyl (C=O) groups is 2. The number of amides is 2. The van der Waals surface area contributed by atoms with E-state index in [9.17, 15) is 19.8 Å². The van der Waals surface area contributed by atoms with Crippen LogP contribution in [-0.4, -0.2) is 60.3 Å². The van der Waals surface area contributed by atoms with Crippen LogP contribution in [0.2, 0.25) is 20.1 Å². The first-order valence-corrected chi connectivity index (χ1v) is 19.7. The Morgan fingerprint density at radius 1 is 0.684 bits per heavy atom. The summed E-state index contributed by atoms with van der Waals surface area (Å²) in [7, 11) is 1.67. The predicted molar refractivity (Wildman–Crippen MR) is 231 cm³/mol. The molecule has 12 heteroatoms. The molecule has 4 rings (SSSR count). The lowest BCUT2D eigenvalue weighted by molar-refractivity contribution is -0.131. The highest BCUT2D eigenvalue weighted by Gasteiger charge is 2.16. The average Bonchev–Trinajstić information content (AvgIpc) is 3.16. The van der Waals surface area contributed by atoms with E-state index < -0.39 is 0 Å². The van der Waals surface area contributed by atoms with Gasteiger partial charge < -0.3 is 29.9 Å². The molecule has 0 aromatic heterocycles. The SMILES string of the molecule is CC#CCN(C)C(=O)COc1cc(Cl)c(Cc2ccc(O)c(C(C)C)c2)c(Cl)c1.CC#CCNC(=O)COc1cc(Cl)c(Cc2ccc(O)c(C(C)C)c2)c(Cl)c1. The number of nitrogens with one attached hydrogen (secondary N) is 1. The van der Waals surface area contributed by atoms with E-state index in [1.54, 1.807) is 57.3 Å². The van der Waals surface area contributed by atoms with Crippen molar-refractivity contribution in [1.82, 2.24) is 10.2 Å². The zero-order chi connectivity index (χ0) is 42.2. The van der Waals surface area contributed by atoms with E-state index in [4.69, 9.17) is 55.9 Å². The van der Waals surface area contributed by atoms with Crippen molar-refractivity contribution in [2.24, 2.45) is 0 Å². The molecule has 8 nitrogen and oxygen atoms in total. The van der Waals surface area contributed by atoms with E-state index in [1.165, 1.54) is 4.90 Å². The van der Waals surface area contributed by atoms with Crippen LogP contribution in [0.15, 0.2) is 60.7 Å². The summed E-state index contributed by atoms with van der Waals surface area (Å²) in [4.78, 5) is 25.2. The van der Waals surface area contributed by atoms with Gasteiger partial charge in [0.05, 0.1) is 13.1 Å². The van der Waals surface area contributed by atoms with Crippen molar-refractivity contribution in [3.8, 4) is 46.7 Å². The molecule has 4 aromatic rings. The molecule has 302 valence electrons. The highest BCUT2D eigenvalue weighted by atomic mass is 35.5. The summed E-state index contributed by atoms with van der Waals surface area (Å²) in [6.45, 7) is 11.9. The van der Waals surface area contributed by atoms with Gasteiger partial charge >= 0.3 is 0 Å². The molecule has 0 atom stereocenters. The lowest BCUT2D eigenvalue weighted by Crippen LogP contribution is -2.31. The molecule has 0 radical (unpaired) electrons. The van der Waals surface area contributed by atoms with E-state index in [0.29, 0.717) is 51.0 Å². The first kappa shape index (κ1) is 46.7. The molecule has 0 bridgehead atoms. The summed E-state index contributed by atoms with van der Waals surface area (Å²) < 4.78 is 11.0. The van der Waals surface area contributed by atoms with Crippen LogP contribution in [0.3, 0.4) is 0 Å². The summed E-state index contributed by atoms with van der Waals surface area (Å²) in [5, 5.41) is 24.4. The van der Waals surface area contributed by atoms with Gasteiger partial charge in [0, 0.05) is 40.0 Å². The summed E-state index contributed by atoms with van der Waals surface area (Å²) in [6, 6.07) is 17.6. The van der Waals surface area contributed by atoms with Crippen molar-refractivity contribution >= 4 is 58.2 Å². The van der Waals surface area contributed by atoms with Crippen molar-refractivity contribution in [3.63, 3.8) is 0 Å². The summed E-state index contributed by atoms with van der Waals surface area (Å²) in [5.41, 5.74) is 5.28. The Labute approximate surface area is 356 Å². The van der Waals surface area contributed by atoms with Crippen molar-refractivity contribution in [3.05, 3.63) is 114 Å². The van der Waals surface area contributed by atoms with Crippen LogP contribution in [0.5, 0.6) is 23.0 Å². The maximum Gasteiger partial charge on any atom is 0.261 e. The number of aromatic hydroxyl groups is 2. The highest BCUT2D eigenvalue weighted by molar-refractivity contribution is 6.36. The second-order valence-corrected chi connectivity index (χ2v) is 15.3. The number of hydrogen-bond donors (Lipinski definition) is 3. The van der Waals surface area contributed by atoms with Crippen molar-refractivity contribution in [2.45, 2.75) is 66.2 Å². The summed E-state index contributed by atoms with van der Waals surface area (Å²) in [6.07, 6.45) is 1.05. The molecule has 0 unspecified atom stereocenters. The molecule has 3 N–H and O–H groups in total. The summed E-state index contributed by atoms with van der Waals surface area (Å²) in [5.74, 6) is 12.4. The van der Waals surface area contributed by atoms with Crippen LogP contribution in [0.1, 0.15) is 86.8 Å². The molecule has 0 heterocycles. The number of hydrogen-bond acceptors (Lipinski definition) is 6. The number of ether oxygens (including phenoxy) is 2. The third-order valence-corrected chi connectivity index (χ3v) is 9.97. The van der Waals surface area contributed by atoms with Crippen LogP contribution >= 0.6 is 46.4 Å². The Kier molecular flexibility index (Phi) is 18.7. The van der Waals surface area contributed by atoms with Gasteiger partial charge in [0.1, 0.15) is 23.0 Å². The standard InChI is InChI=1S/C23H25Cl2NO3.C22H23Cl2NO3/c1-5-6-9-26(4)23(28)14-29-17-12-20(24)19(21(25)13-17)11-16-7-8-22(27)18(10-16)15(2)3;1-4-5-8-25-22(27)13-28-16-11-19(23)18(20(24)12-16)10-15-6-7-21(26)17(9-15)14(2)3/h7-8,10,12-13,15,27H,9,11,14H2,1-4H3;6-7,9,11-12,14,26H,8,10,13H2,1-3H3,(H,25,27). The van der Waals surface area contributed by atoms with Gasteiger partial charge in [0.15, 0.2) is 13.2 Å². The lowest BCUT2D eigenvalue weighted by atomic mass is 9.96. The molecule has 0 spiro atoms. The Bertz CT molecular complexity index is 2120. The van der Waals surface area contributed by atoms with E-state index >= 15 is 0 Å². The normalized spacial score (nSPS) is 10.4. The third-order valence-electron chi connectivity index (χ3n) is 8.62. The Hall–Kier alpha value is -4.70. The monoisotopic (exact) mass is 852 g/mol. The van der Waals surface area contributed by atoms with Gasteiger partial charge in [-0.25, -0.2) is 0 Å². The zero-order valence-electron chi connectivity index (χ0n) is 33.2. The number of rotatable bonds is 14. The minimum atomic E-state index is -0.274. The van der Waals surface area contributed by atoms with Crippen molar-refractivity contribution in [1.29, 1.82) is 0 Å². The first-order chi connectivity index (χ1) is 27.0. The molecule has 2 amide bonds. The Morgan fingerprint density at radius 3 is 1.51 bits per heavy atom. The molecule has 0 saturated heterocycles. The minimum absolute atomic E-state index is 0.121. The fraction of sp³-hybridized carbons (Fsp3) is 0.333. The average molecular weight is 855 g/mol. The zero-order valence-corrected chi connectivity index (χ0v) is 36.2. The van der Waals surface area contributed by atoms with Crippen LogP contribution < -0.4 is 14.8 Å². The molecule has 0 aliphatic carbocycles. The molecule has 0 aliphatic heterocycles. The van der Waals surface area contributed by atoms with Gasteiger partial charge in [0.2, 0.25) is 0 Å². The number of phenols is 2. The maximum absolute atomic E-state index is 12.1. The van der Waals surface area contributed by atoms with Crippen molar-refractivity contribution < 1.29 is 29.3 Å². The molecular weight excluding hydrogens is 806 g/mol. The highest BCUT2D eigenvalue weighted by Crippen LogP contribution is 2.35. The topological polar surface area (TPSA) is 108 Å². The van der Waals surface area contributed by atoms with E-state index in [1.807, 2.05) is 52.0 Å².